The first-order valence-electron chi connectivity index (χ1n) is 12.2. The van der Waals surface area contributed by atoms with Crippen molar-refractivity contribution in [2.75, 3.05) is 0 Å². The van der Waals surface area contributed by atoms with Gasteiger partial charge in [-0.05, 0) is 83.8 Å². The molecule has 2 heterocycles. The second-order valence-corrected chi connectivity index (χ2v) is 11.1. The molecule has 8 heteroatoms. The van der Waals surface area contributed by atoms with Gasteiger partial charge in [0.05, 0.1) is 11.3 Å². The van der Waals surface area contributed by atoms with Crippen molar-refractivity contribution in [3.05, 3.63) is 115 Å². The Balaban J connectivity index is 1.60. The molecule has 190 valence electrons. The molecule has 38 heavy (non-hydrogen) atoms. The van der Waals surface area contributed by atoms with Gasteiger partial charge < -0.3 is 10.8 Å². The van der Waals surface area contributed by atoms with Gasteiger partial charge in [-0.2, -0.15) is 0 Å². The monoisotopic (exact) mass is 523 g/mol. The Kier molecular flexibility index (Phi) is 5.31. The van der Waals surface area contributed by atoms with Crippen LogP contribution >= 0.6 is 11.3 Å². The third-order valence-corrected chi connectivity index (χ3v) is 8.18. The largest absolute Gasteiger partial charge is 0.386 e. The quantitative estimate of drug-likeness (QED) is 0.358. The first-order valence-corrected chi connectivity index (χ1v) is 13.1. The summed E-state index contributed by atoms with van der Waals surface area (Å²) in [6, 6.07) is 16.5. The maximum Gasteiger partial charge on any atom is 0.340 e. The number of rotatable bonds is 4. The molecule has 0 saturated heterocycles. The molecule has 7 nitrogen and oxygen atoms in total. The van der Waals surface area contributed by atoms with Crippen LogP contribution in [0.4, 0.5) is 0 Å². The van der Waals surface area contributed by atoms with Crippen molar-refractivity contribution in [2.24, 2.45) is 5.73 Å². The number of aromatic nitrogens is 2. The Morgan fingerprint density at radius 3 is 2.53 bits per heavy atom. The van der Waals surface area contributed by atoms with Gasteiger partial charge in [-0.15, -0.1) is 11.3 Å². The lowest BCUT2D eigenvalue weighted by molar-refractivity contribution is 0.0785. The van der Waals surface area contributed by atoms with Crippen molar-refractivity contribution in [3.63, 3.8) is 0 Å². The minimum Gasteiger partial charge on any atom is -0.386 e. The van der Waals surface area contributed by atoms with E-state index in [1.807, 2.05) is 43.3 Å². The fourth-order valence-corrected chi connectivity index (χ4v) is 6.20. The second kappa shape index (κ2) is 8.37. The summed E-state index contributed by atoms with van der Waals surface area (Å²) < 4.78 is 2.66. The van der Waals surface area contributed by atoms with Crippen LogP contribution in [0.2, 0.25) is 0 Å². The predicted octanol–water partition coefficient (Wildman–Crippen LogP) is 4.38. The number of carbonyl (C=O) groups excluding carboxylic acids is 1. The van der Waals surface area contributed by atoms with Crippen LogP contribution < -0.4 is 17.0 Å². The summed E-state index contributed by atoms with van der Waals surface area (Å²) in [6.07, 6.45) is 2.17. The van der Waals surface area contributed by atoms with Gasteiger partial charge in [0.25, 0.3) is 5.56 Å². The van der Waals surface area contributed by atoms with Crippen molar-refractivity contribution >= 4 is 22.1 Å². The summed E-state index contributed by atoms with van der Waals surface area (Å²) in [5.74, 6) is -0.502. The van der Waals surface area contributed by atoms with E-state index < -0.39 is 22.8 Å². The maximum absolute atomic E-state index is 13.3. The van der Waals surface area contributed by atoms with Gasteiger partial charge >= 0.3 is 5.69 Å². The van der Waals surface area contributed by atoms with Gasteiger partial charge in [0.1, 0.15) is 4.83 Å². The average molecular weight is 524 g/mol. The van der Waals surface area contributed by atoms with Crippen molar-refractivity contribution in [1.82, 2.24) is 8.97 Å². The number of aliphatic hydroxyl groups is 1. The van der Waals surface area contributed by atoms with E-state index in [0.717, 1.165) is 44.5 Å². The predicted molar refractivity (Wildman–Crippen MR) is 149 cm³/mol. The number of thiazole rings is 1. The SMILES string of the molecule is Cc1c(-c2ccc(C(N)=O)c3c2-c2ccc(C(C)(C)O)cc2C3)cccc1-n1c(=O)cc2sccn2c1=O. The molecule has 0 aliphatic heterocycles. The molecule has 1 aliphatic rings. The summed E-state index contributed by atoms with van der Waals surface area (Å²) in [7, 11) is 0. The number of hydrogen-bond acceptors (Lipinski definition) is 5. The lowest BCUT2D eigenvalue weighted by Gasteiger charge is -2.19. The van der Waals surface area contributed by atoms with Gasteiger partial charge in [0, 0.05) is 23.2 Å². The highest BCUT2D eigenvalue weighted by atomic mass is 32.1. The summed E-state index contributed by atoms with van der Waals surface area (Å²) >= 11 is 1.33. The number of nitrogens with two attached hydrogens (primary N) is 1. The highest BCUT2D eigenvalue weighted by Gasteiger charge is 2.29. The third-order valence-electron chi connectivity index (χ3n) is 7.36. The van der Waals surface area contributed by atoms with E-state index in [4.69, 9.17) is 5.73 Å². The van der Waals surface area contributed by atoms with Gasteiger partial charge in [-0.1, -0.05) is 36.4 Å². The van der Waals surface area contributed by atoms with Crippen molar-refractivity contribution in [1.29, 1.82) is 0 Å². The zero-order valence-corrected chi connectivity index (χ0v) is 21.9. The van der Waals surface area contributed by atoms with Crippen LogP contribution in [0, 0.1) is 6.92 Å². The van der Waals surface area contributed by atoms with Crippen molar-refractivity contribution in [2.45, 2.75) is 32.8 Å². The molecular weight excluding hydrogens is 498 g/mol. The highest BCUT2D eigenvalue weighted by Crippen LogP contribution is 2.46. The first-order chi connectivity index (χ1) is 18.1. The van der Waals surface area contributed by atoms with Crippen molar-refractivity contribution in [3.8, 4) is 27.9 Å². The molecule has 0 bridgehead atoms. The van der Waals surface area contributed by atoms with E-state index in [1.165, 1.54) is 26.4 Å². The smallest absolute Gasteiger partial charge is 0.340 e. The fraction of sp³-hybridized carbons (Fsp3) is 0.167. The lowest BCUT2D eigenvalue weighted by atomic mass is 9.88. The van der Waals surface area contributed by atoms with E-state index in [0.29, 0.717) is 22.5 Å². The molecule has 0 atom stereocenters. The van der Waals surface area contributed by atoms with E-state index in [-0.39, 0.29) is 0 Å². The maximum atomic E-state index is 13.3. The Morgan fingerprint density at radius 1 is 1.03 bits per heavy atom. The Labute approximate surface area is 222 Å². The first kappa shape index (κ1) is 24.1. The van der Waals surface area contributed by atoms with Crippen LogP contribution in [0.15, 0.2) is 75.8 Å². The lowest BCUT2D eigenvalue weighted by Crippen LogP contribution is -2.35. The van der Waals surface area contributed by atoms with E-state index in [1.54, 1.807) is 37.6 Å². The Bertz CT molecular complexity index is 1920. The van der Waals surface area contributed by atoms with Crippen LogP contribution in [0.5, 0.6) is 0 Å². The Hall–Kier alpha value is -4.27. The van der Waals surface area contributed by atoms with Gasteiger partial charge in [-0.3, -0.25) is 14.0 Å². The molecule has 0 fully saturated rings. The summed E-state index contributed by atoms with van der Waals surface area (Å²) in [6.45, 7) is 5.37. The standard InChI is InChI=1S/C30H25N3O4S/c1-16-19(5-4-6-24(16)33-25(34)15-26-32(29(33)36)11-12-38-26)21-9-10-22(28(31)35)23-14-17-13-18(30(2,3)37)7-8-20(17)27(21)23/h4-13,15,37H,14H2,1-3H3,(H2,31,35). The number of amides is 1. The highest BCUT2D eigenvalue weighted by molar-refractivity contribution is 7.15. The summed E-state index contributed by atoms with van der Waals surface area (Å²) in [4.78, 5) is 39.2. The molecule has 6 rings (SSSR count). The average Bonchev–Trinajstić information content (AvgIpc) is 3.48. The number of benzene rings is 3. The normalized spacial score (nSPS) is 12.5. The van der Waals surface area contributed by atoms with Gasteiger partial charge in [0.15, 0.2) is 0 Å². The molecule has 0 saturated carbocycles. The molecule has 1 amide bonds. The number of nitrogens with zero attached hydrogens (tertiary/aromatic N) is 2. The van der Waals surface area contributed by atoms with Gasteiger partial charge in [-0.25, -0.2) is 9.36 Å². The zero-order valence-electron chi connectivity index (χ0n) is 21.1. The molecular formula is C30H25N3O4S. The van der Waals surface area contributed by atoms with Crippen LogP contribution in [0.25, 0.3) is 32.8 Å². The minimum absolute atomic E-state index is 0.392. The Morgan fingerprint density at radius 2 is 1.79 bits per heavy atom. The molecule has 0 unspecified atom stereocenters. The van der Waals surface area contributed by atoms with Crippen LogP contribution in [-0.4, -0.2) is 20.0 Å². The van der Waals surface area contributed by atoms with E-state index >= 15 is 0 Å². The third kappa shape index (κ3) is 3.56. The number of carbonyl (C=O) groups is 1. The summed E-state index contributed by atoms with van der Waals surface area (Å²) in [5, 5.41) is 12.3. The molecule has 0 radical (unpaired) electrons. The van der Waals surface area contributed by atoms with Crippen LogP contribution in [0.1, 0.15) is 46.5 Å². The number of fused-ring (bicyclic) bond motifs is 4. The van der Waals surface area contributed by atoms with Crippen LogP contribution in [0.3, 0.4) is 0 Å². The molecule has 5 aromatic rings. The second-order valence-electron chi connectivity index (χ2n) is 10.1. The van der Waals surface area contributed by atoms with E-state index in [2.05, 4.69) is 0 Å². The topological polar surface area (TPSA) is 107 Å². The zero-order chi connectivity index (χ0) is 26.9. The van der Waals surface area contributed by atoms with Crippen molar-refractivity contribution < 1.29 is 9.90 Å². The number of hydrogen-bond donors (Lipinski definition) is 2. The van der Waals surface area contributed by atoms with Crippen LogP contribution in [-0.2, 0) is 12.0 Å². The molecule has 1 aliphatic carbocycles. The molecule has 2 aromatic heterocycles. The fourth-order valence-electron chi connectivity index (χ4n) is 5.45. The molecule has 0 spiro atoms. The molecule has 3 N–H and O–H groups in total. The molecule has 3 aromatic carbocycles. The minimum atomic E-state index is -1.01. The summed E-state index contributed by atoms with van der Waals surface area (Å²) in [5.41, 5.74) is 11.9. The number of primary amides is 1. The van der Waals surface area contributed by atoms with E-state index in [9.17, 15) is 19.5 Å². The van der Waals surface area contributed by atoms with Gasteiger partial charge in [0.2, 0.25) is 5.91 Å².